The largest absolute Gasteiger partial charge is 0.493 e. The van der Waals surface area contributed by atoms with Crippen LogP contribution in [0, 0.1) is 5.92 Å². The molecule has 0 aromatic heterocycles. The SMILES string of the molecule is COC(=O)C(CCO)COc1cccc(Br)c1. The molecule has 0 aliphatic heterocycles. The number of hydrogen-bond donors (Lipinski definition) is 1. The first kappa shape index (κ1) is 14.0. The van der Waals surface area contributed by atoms with Gasteiger partial charge in [-0.05, 0) is 24.6 Å². The fourth-order valence-electron chi connectivity index (χ4n) is 1.35. The molecular weight excluding hydrogens is 288 g/mol. The maximum Gasteiger partial charge on any atom is 0.312 e. The maximum atomic E-state index is 11.4. The van der Waals surface area contributed by atoms with Crippen molar-refractivity contribution in [2.24, 2.45) is 5.92 Å². The van der Waals surface area contributed by atoms with Crippen molar-refractivity contribution >= 4 is 21.9 Å². The number of methoxy groups -OCH3 is 1. The van der Waals surface area contributed by atoms with E-state index in [-0.39, 0.29) is 19.2 Å². The number of carbonyl (C=O) groups excluding carboxylic acids is 1. The summed E-state index contributed by atoms with van der Waals surface area (Å²) in [4.78, 5) is 11.4. The first-order chi connectivity index (χ1) is 8.17. The van der Waals surface area contributed by atoms with E-state index in [1.165, 1.54) is 7.11 Å². The minimum Gasteiger partial charge on any atom is -0.493 e. The Bertz CT molecular complexity index is 367. The molecule has 0 amide bonds. The van der Waals surface area contributed by atoms with E-state index in [4.69, 9.17) is 9.84 Å². The zero-order valence-corrected chi connectivity index (χ0v) is 11.1. The van der Waals surface area contributed by atoms with Gasteiger partial charge in [-0.3, -0.25) is 4.79 Å². The van der Waals surface area contributed by atoms with Gasteiger partial charge >= 0.3 is 5.97 Å². The van der Waals surface area contributed by atoms with Gasteiger partial charge in [-0.25, -0.2) is 0 Å². The lowest BCUT2D eigenvalue weighted by atomic mass is 10.1. The molecule has 94 valence electrons. The van der Waals surface area contributed by atoms with E-state index in [0.29, 0.717) is 12.2 Å². The highest BCUT2D eigenvalue weighted by Gasteiger charge is 2.19. The molecule has 0 saturated carbocycles. The monoisotopic (exact) mass is 302 g/mol. The number of halogens is 1. The van der Waals surface area contributed by atoms with Crippen molar-refractivity contribution in [3.8, 4) is 5.75 Å². The van der Waals surface area contributed by atoms with Crippen molar-refractivity contribution in [1.29, 1.82) is 0 Å². The number of rotatable bonds is 6. The van der Waals surface area contributed by atoms with Gasteiger partial charge in [0.2, 0.25) is 0 Å². The Morgan fingerprint density at radius 2 is 2.29 bits per heavy atom. The number of esters is 1. The molecule has 0 fully saturated rings. The minimum atomic E-state index is -0.441. The lowest BCUT2D eigenvalue weighted by Gasteiger charge is -2.14. The summed E-state index contributed by atoms with van der Waals surface area (Å²) in [7, 11) is 1.33. The molecule has 4 nitrogen and oxygen atoms in total. The summed E-state index contributed by atoms with van der Waals surface area (Å²) in [6, 6.07) is 7.35. The highest BCUT2D eigenvalue weighted by molar-refractivity contribution is 9.10. The molecule has 1 aromatic rings. The normalized spacial score (nSPS) is 11.9. The maximum absolute atomic E-state index is 11.4. The van der Waals surface area contributed by atoms with Crippen molar-refractivity contribution in [3.05, 3.63) is 28.7 Å². The van der Waals surface area contributed by atoms with E-state index in [1.807, 2.05) is 18.2 Å². The van der Waals surface area contributed by atoms with Crippen LogP contribution < -0.4 is 4.74 Å². The molecule has 1 unspecified atom stereocenters. The third-order valence-corrected chi connectivity index (χ3v) is 2.75. The van der Waals surface area contributed by atoms with Crippen molar-refractivity contribution in [2.45, 2.75) is 6.42 Å². The summed E-state index contributed by atoms with van der Waals surface area (Å²) in [6.07, 6.45) is 0.334. The number of benzene rings is 1. The van der Waals surface area contributed by atoms with Gasteiger partial charge < -0.3 is 14.6 Å². The Kier molecular flexibility index (Phi) is 6.00. The second-order valence-corrected chi connectivity index (χ2v) is 4.42. The van der Waals surface area contributed by atoms with Gasteiger partial charge in [-0.2, -0.15) is 0 Å². The summed E-state index contributed by atoms with van der Waals surface area (Å²) in [5.74, 6) is -0.135. The number of aliphatic hydroxyl groups is 1. The van der Waals surface area contributed by atoms with E-state index in [2.05, 4.69) is 20.7 Å². The van der Waals surface area contributed by atoms with E-state index in [0.717, 1.165) is 4.47 Å². The average Bonchev–Trinajstić information content (AvgIpc) is 2.33. The zero-order chi connectivity index (χ0) is 12.7. The topological polar surface area (TPSA) is 55.8 Å². The third kappa shape index (κ3) is 4.75. The Balaban J connectivity index is 2.54. The van der Waals surface area contributed by atoms with Crippen molar-refractivity contribution in [2.75, 3.05) is 20.3 Å². The highest BCUT2D eigenvalue weighted by Crippen LogP contribution is 2.19. The van der Waals surface area contributed by atoms with Crippen LogP contribution in [-0.4, -0.2) is 31.4 Å². The van der Waals surface area contributed by atoms with Crippen LogP contribution in [0.2, 0.25) is 0 Å². The van der Waals surface area contributed by atoms with Gasteiger partial charge in [0.1, 0.15) is 12.4 Å². The lowest BCUT2D eigenvalue weighted by Crippen LogP contribution is -2.24. The number of ether oxygens (including phenoxy) is 2. The second-order valence-electron chi connectivity index (χ2n) is 3.50. The number of aliphatic hydroxyl groups excluding tert-OH is 1. The molecule has 0 radical (unpaired) electrons. The van der Waals surface area contributed by atoms with Gasteiger partial charge in [-0.1, -0.05) is 22.0 Å². The van der Waals surface area contributed by atoms with Crippen LogP contribution in [0.25, 0.3) is 0 Å². The summed E-state index contributed by atoms with van der Waals surface area (Å²) >= 11 is 3.33. The second kappa shape index (κ2) is 7.29. The molecule has 0 aliphatic rings. The molecule has 0 heterocycles. The average molecular weight is 303 g/mol. The molecule has 0 bridgehead atoms. The molecule has 5 heteroatoms. The van der Waals surface area contributed by atoms with Crippen LogP contribution in [0.3, 0.4) is 0 Å². The number of carbonyl (C=O) groups is 1. The first-order valence-corrected chi connectivity index (χ1v) is 6.03. The van der Waals surface area contributed by atoms with Crippen LogP contribution in [0.4, 0.5) is 0 Å². The molecule has 1 N–H and O–H groups in total. The van der Waals surface area contributed by atoms with Crippen molar-refractivity contribution in [3.63, 3.8) is 0 Å². The standard InChI is InChI=1S/C12H15BrO4/c1-16-12(15)9(5-6-14)8-17-11-4-2-3-10(13)7-11/h2-4,7,9,14H,5-6,8H2,1H3. The van der Waals surface area contributed by atoms with Gasteiger partial charge in [-0.15, -0.1) is 0 Å². The third-order valence-electron chi connectivity index (χ3n) is 2.26. The first-order valence-electron chi connectivity index (χ1n) is 5.24. The summed E-state index contributed by atoms with van der Waals surface area (Å²) in [5.41, 5.74) is 0. The molecule has 1 atom stereocenters. The molecule has 0 aliphatic carbocycles. The molecule has 1 aromatic carbocycles. The van der Waals surface area contributed by atoms with Crippen LogP contribution in [0.1, 0.15) is 6.42 Å². The van der Waals surface area contributed by atoms with Crippen LogP contribution in [0.15, 0.2) is 28.7 Å². The molecule has 0 saturated heterocycles. The Labute approximate surface area is 109 Å². The fraction of sp³-hybridized carbons (Fsp3) is 0.417. The Morgan fingerprint density at radius 1 is 1.53 bits per heavy atom. The van der Waals surface area contributed by atoms with Gasteiger partial charge in [0, 0.05) is 11.1 Å². The zero-order valence-electron chi connectivity index (χ0n) is 9.56. The van der Waals surface area contributed by atoms with Gasteiger partial charge in [0.15, 0.2) is 0 Å². The Morgan fingerprint density at radius 3 is 2.88 bits per heavy atom. The van der Waals surface area contributed by atoms with Crippen LogP contribution >= 0.6 is 15.9 Å². The van der Waals surface area contributed by atoms with Crippen LogP contribution in [-0.2, 0) is 9.53 Å². The smallest absolute Gasteiger partial charge is 0.312 e. The Hall–Kier alpha value is -1.07. The van der Waals surface area contributed by atoms with E-state index in [9.17, 15) is 4.79 Å². The molecular formula is C12H15BrO4. The molecule has 0 spiro atoms. The predicted molar refractivity (Wildman–Crippen MR) is 66.8 cm³/mol. The van der Waals surface area contributed by atoms with Gasteiger partial charge in [0.05, 0.1) is 13.0 Å². The van der Waals surface area contributed by atoms with E-state index < -0.39 is 5.92 Å². The van der Waals surface area contributed by atoms with Crippen LogP contribution in [0.5, 0.6) is 5.75 Å². The van der Waals surface area contributed by atoms with Crippen molar-refractivity contribution < 1.29 is 19.4 Å². The van der Waals surface area contributed by atoms with Crippen molar-refractivity contribution in [1.82, 2.24) is 0 Å². The number of hydrogen-bond acceptors (Lipinski definition) is 4. The van der Waals surface area contributed by atoms with Gasteiger partial charge in [0.25, 0.3) is 0 Å². The quantitative estimate of drug-likeness (QED) is 0.817. The lowest BCUT2D eigenvalue weighted by molar-refractivity contribution is -0.147. The van der Waals surface area contributed by atoms with E-state index >= 15 is 0 Å². The fourth-order valence-corrected chi connectivity index (χ4v) is 1.72. The van der Waals surface area contributed by atoms with E-state index in [1.54, 1.807) is 6.07 Å². The summed E-state index contributed by atoms with van der Waals surface area (Å²) < 4.78 is 11.0. The molecule has 1 rings (SSSR count). The predicted octanol–water partition coefficient (Wildman–Crippen LogP) is 2.00. The minimum absolute atomic E-state index is 0.0678. The highest BCUT2D eigenvalue weighted by atomic mass is 79.9. The summed E-state index contributed by atoms with van der Waals surface area (Å²) in [6.45, 7) is 0.130. The molecule has 17 heavy (non-hydrogen) atoms. The summed E-state index contributed by atoms with van der Waals surface area (Å²) in [5, 5.41) is 8.85.